The number of epoxide rings is 2. The summed E-state index contributed by atoms with van der Waals surface area (Å²) < 4.78 is 81.4. The average molecular weight is 1200 g/mol. The van der Waals surface area contributed by atoms with E-state index in [9.17, 15) is 53.9 Å². The van der Waals surface area contributed by atoms with Crippen molar-refractivity contribution in [2.75, 3.05) is 0 Å². The molecule has 2 spiro atoms. The zero-order valence-electron chi connectivity index (χ0n) is 48.2. The van der Waals surface area contributed by atoms with Gasteiger partial charge in [0.25, 0.3) is 0 Å². The van der Waals surface area contributed by atoms with Crippen LogP contribution in [0.15, 0.2) is 54.7 Å². The number of unbranched alkanes of at least 4 members (excludes halogenated alkanes) is 3. The predicted octanol–water partition coefficient (Wildman–Crippen LogP) is 4.77. The lowest BCUT2D eigenvalue weighted by atomic mass is 9.40. The number of hydrogen-bond donors (Lipinski definition) is 6. The number of amides is 1. The molecular formula is C62H68F2N4O18. The largest absolute Gasteiger partial charge is 0.505 e. The number of rotatable bonds is 13. The average Bonchev–Trinajstić information content (AvgIpc) is 1.44. The number of benzene rings is 3. The molecule has 22 nitrogen and oxygen atoms in total. The standard InChI is InChI=1S/C62H68F2N4O18/c1-25-43-46(59(6)60(7,78)56(77)86-62(59)53(25)84-62)49(74)44-42-45(51(80-26(2)69)54(58(43,44)5)81-27(3)70)57(4)33(20-40-50(83-40)52(57)75)47(48(42)73)65-41(72)16-10-8-9-13-17-68-23-28(66-67-68)24-79-39-22-38-32(19-35(39)64)61(30-15-12-11-14-29(30)55(76)85-61)31-18-34(63)36(71)21-37(31)82-38/h11-12,14-15,18-19,21-23,25,33,40,42-54,71,73-75,78H,8-10,13,16-17,20,24H2,1-7H3,(H,65,72)/t25-,33+,40-,42?,43-,44+,45?,46-,47-,48+,49+,50-,51-,52-,53+,54-,57-,58+,59-,60+,61?,62-/m0/s1. The molecule has 1 aromatic heterocycles. The fourth-order valence-corrected chi connectivity index (χ4v) is 18.6. The van der Waals surface area contributed by atoms with Crippen LogP contribution < -0.4 is 14.8 Å². The summed E-state index contributed by atoms with van der Waals surface area (Å²) in [6.45, 7) is 11.3. The number of nitrogens with zero attached hydrogens (tertiary/aromatic N) is 3. The highest BCUT2D eigenvalue weighted by Crippen LogP contribution is 2.81. The van der Waals surface area contributed by atoms with Gasteiger partial charge in [-0.25, -0.2) is 18.4 Å². The van der Waals surface area contributed by atoms with E-state index >= 15 is 4.39 Å². The van der Waals surface area contributed by atoms with E-state index in [-0.39, 0.29) is 59.0 Å². The molecule has 14 rings (SSSR count). The molecule has 86 heavy (non-hydrogen) atoms. The van der Waals surface area contributed by atoms with Gasteiger partial charge in [-0.1, -0.05) is 57.0 Å². The lowest BCUT2D eigenvalue weighted by Gasteiger charge is -2.67. The molecular weight excluding hydrogens is 1130 g/mol. The number of carbonyl (C=O) groups is 5. The van der Waals surface area contributed by atoms with Crippen LogP contribution in [0.5, 0.6) is 23.0 Å². The minimum atomic E-state index is -2.16. The van der Waals surface area contributed by atoms with Crippen LogP contribution in [0.1, 0.15) is 120 Å². The summed E-state index contributed by atoms with van der Waals surface area (Å²) in [4.78, 5) is 67.9. The second-order valence-electron chi connectivity index (χ2n) is 26.5. The molecule has 6 N–H and O–H groups in total. The molecule has 0 bridgehead atoms. The van der Waals surface area contributed by atoms with Crippen molar-refractivity contribution < 1.29 is 96.2 Å². The monoisotopic (exact) mass is 1190 g/mol. The molecule has 5 aliphatic carbocycles. The second-order valence-corrected chi connectivity index (χ2v) is 26.5. The maximum absolute atomic E-state index is 16.1. The number of aromatic nitrogens is 3. The van der Waals surface area contributed by atoms with Crippen LogP contribution in [0.3, 0.4) is 0 Å². The number of aromatic hydroxyl groups is 1. The van der Waals surface area contributed by atoms with Crippen molar-refractivity contribution in [1.29, 1.82) is 0 Å². The van der Waals surface area contributed by atoms with Crippen molar-refractivity contribution >= 4 is 29.8 Å². The van der Waals surface area contributed by atoms with Gasteiger partial charge in [0.05, 0.1) is 58.8 Å². The molecule has 0 radical (unpaired) electrons. The zero-order chi connectivity index (χ0) is 60.9. The minimum absolute atomic E-state index is 0.00975. The quantitative estimate of drug-likeness (QED) is 0.0454. The van der Waals surface area contributed by atoms with E-state index in [4.69, 9.17) is 37.9 Å². The Labute approximate surface area is 491 Å². The maximum atomic E-state index is 16.1. The molecule has 22 atom stereocenters. The molecule has 4 aromatic rings. The van der Waals surface area contributed by atoms with Crippen LogP contribution in [-0.2, 0) is 66.4 Å². The lowest BCUT2D eigenvalue weighted by molar-refractivity contribution is -0.285. The summed E-state index contributed by atoms with van der Waals surface area (Å²) in [7, 11) is 0. The Balaban J connectivity index is 0.654. The molecule has 3 unspecified atom stereocenters. The number of carbonyl (C=O) groups excluding carboxylic acids is 5. The van der Waals surface area contributed by atoms with Crippen LogP contribution in [0.4, 0.5) is 8.78 Å². The van der Waals surface area contributed by atoms with E-state index in [0.717, 1.165) is 18.2 Å². The lowest BCUT2D eigenvalue weighted by Crippen LogP contribution is -2.76. The van der Waals surface area contributed by atoms with Crippen molar-refractivity contribution in [2.24, 2.45) is 57.7 Å². The van der Waals surface area contributed by atoms with Gasteiger partial charge in [-0.05, 0) is 75.0 Å². The van der Waals surface area contributed by atoms with E-state index in [1.807, 2.05) is 20.8 Å². The Morgan fingerprint density at radius 3 is 2.29 bits per heavy atom. The van der Waals surface area contributed by atoms with Crippen LogP contribution in [0, 0.1) is 69.3 Å². The van der Waals surface area contributed by atoms with Crippen LogP contribution in [-0.4, -0.2) is 137 Å². The third-order valence-corrected chi connectivity index (χ3v) is 22.4. The molecule has 3 saturated heterocycles. The molecule has 1 amide bonds. The maximum Gasteiger partial charge on any atom is 0.341 e. The van der Waals surface area contributed by atoms with Gasteiger partial charge in [-0.15, -0.1) is 5.10 Å². The Kier molecular flexibility index (Phi) is 12.6. The molecule has 5 aliphatic heterocycles. The van der Waals surface area contributed by atoms with Crippen molar-refractivity contribution in [3.8, 4) is 23.0 Å². The van der Waals surface area contributed by atoms with E-state index in [1.165, 1.54) is 26.8 Å². The molecule has 8 fully saturated rings. The fourth-order valence-electron chi connectivity index (χ4n) is 18.6. The van der Waals surface area contributed by atoms with Crippen molar-refractivity contribution in [1.82, 2.24) is 20.3 Å². The summed E-state index contributed by atoms with van der Waals surface area (Å²) >= 11 is 0. The Hall–Kier alpha value is -6.83. The molecule has 5 saturated carbocycles. The first-order valence-corrected chi connectivity index (χ1v) is 29.6. The summed E-state index contributed by atoms with van der Waals surface area (Å²) in [5.74, 6) is -13.5. The number of aliphatic hydroxyl groups excluding tert-OH is 3. The zero-order valence-corrected chi connectivity index (χ0v) is 48.2. The number of phenols is 1. The third-order valence-electron chi connectivity index (χ3n) is 22.4. The summed E-state index contributed by atoms with van der Waals surface area (Å²) in [5.41, 5.74) is -7.07. The van der Waals surface area contributed by atoms with E-state index in [1.54, 1.807) is 42.1 Å². The van der Waals surface area contributed by atoms with Gasteiger partial charge in [0.15, 0.2) is 34.3 Å². The first-order valence-electron chi connectivity index (χ1n) is 29.6. The fraction of sp³-hybridized carbons (Fsp3) is 0.597. The molecule has 10 aliphatic rings. The Morgan fingerprint density at radius 2 is 1.55 bits per heavy atom. The third kappa shape index (κ3) is 7.51. The van der Waals surface area contributed by atoms with Gasteiger partial charge in [-0.2, -0.15) is 0 Å². The van der Waals surface area contributed by atoms with Gasteiger partial charge in [0.2, 0.25) is 11.7 Å². The predicted molar refractivity (Wildman–Crippen MR) is 287 cm³/mol. The molecule has 458 valence electrons. The molecule has 6 heterocycles. The van der Waals surface area contributed by atoms with Crippen LogP contribution in [0.25, 0.3) is 0 Å². The summed E-state index contributed by atoms with van der Waals surface area (Å²) in [5, 5.41) is 73.0. The molecule has 3 aromatic carbocycles. The number of fused-ring (bicyclic) bond motifs is 15. The first kappa shape index (κ1) is 56.9. The Morgan fingerprint density at radius 1 is 0.837 bits per heavy atom. The van der Waals surface area contributed by atoms with Gasteiger partial charge in [-0.3, -0.25) is 19.1 Å². The summed E-state index contributed by atoms with van der Waals surface area (Å²) in [6, 6.07) is 9.95. The number of ether oxygens (including phenoxy) is 8. The minimum Gasteiger partial charge on any atom is -0.505 e. The van der Waals surface area contributed by atoms with Crippen molar-refractivity contribution in [2.45, 2.75) is 172 Å². The number of esters is 4. The normalized spacial score (nSPS) is 41.8. The van der Waals surface area contributed by atoms with Crippen molar-refractivity contribution in [3.63, 3.8) is 0 Å². The number of aryl methyl sites for hydroxylation is 1. The van der Waals surface area contributed by atoms with Gasteiger partial charge in [0.1, 0.15) is 48.2 Å². The highest BCUT2D eigenvalue weighted by atomic mass is 19.1. The van der Waals surface area contributed by atoms with Gasteiger partial charge >= 0.3 is 23.9 Å². The van der Waals surface area contributed by atoms with Crippen LogP contribution >= 0.6 is 0 Å². The number of halogens is 2. The highest BCUT2D eigenvalue weighted by Gasteiger charge is 2.93. The second kappa shape index (κ2) is 19.1. The van der Waals surface area contributed by atoms with E-state index < -0.39 is 165 Å². The van der Waals surface area contributed by atoms with E-state index in [2.05, 4.69) is 15.6 Å². The molecule has 24 heteroatoms. The van der Waals surface area contributed by atoms with E-state index in [0.29, 0.717) is 49.9 Å². The number of nitrogens with one attached hydrogen (secondary N) is 1. The smallest absolute Gasteiger partial charge is 0.341 e. The number of phenolic OH excluding ortho intramolecular Hbond substituents is 1. The van der Waals surface area contributed by atoms with Gasteiger partial charge in [0, 0.05) is 73.1 Å². The van der Waals surface area contributed by atoms with Crippen LogP contribution in [0.2, 0.25) is 0 Å². The topological polar surface area (TPSA) is 310 Å². The Bertz CT molecular complexity index is 3570. The summed E-state index contributed by atoms with van der Waals surface area (Å²) in [6.07, 6.45) is -3.84. The number of hydrogen-bond acceptors (Lipinski definition) is 20. The SMILES string of the molecule is CC(=O)O[C@H]1C2C([C@@H](O)[C@@H](NC(=O)CCCCCCn3cc(COc4cc5c(cc4F)C4(OC(=O)c6ccccc64)c4cc(F)c(O)cc4O5)nn3)[C@H]3C[C@@H]4O[C@@H]4[C@H](O)[C@]23C)[C@@H]2[C@@H](O)[C@@H]3[C@H]([C@H](C)[C@H]4O[C@]45OC(=O)[C@@](C)(O)[C@]35C)[C@@]2(C)[C@H]1OC(C)=O. The van der Waals surface area contributed by atoms with Crippen molar-refractivity contribution in [3.05, 3.63) is 94.3 Å². The van der Waals surface area contributed by atoms with Gasteiger partial charge < -0.3 is 68.7 Å². The number of aliphatic hydroxyl groups is 4. The first-order chi connectivity index (χ1) is 40.7. The highest BCUT2D eigenvalue weighted by molar-refractivity contribution is 5.97.